The number of azo groups is 1. The molecule has 0 saturated heterocycles. The minimum atomic E-state index is -1.47. The van der Waals surface area contributed by atoms with E-state index in [2.05, 4.69) is 47.4 Å². The van der Waals surface area contributed by atoms with Crippen LogP contribution in [0.5, 0.6) is 0 Å². The molecule has 2 aromatic rings. The molecule has 194 valence electrons. The van der Waals surface area contributed by atoms with E-state index in [0.717, 1.165) is 5.69 Å². The number of benzene rings is 2. The van der Waals surface area contributed by atoms with Crippen molar-refractivity contribution in [2.45, 2.75) is 59.2 Å². The maximum absolute atomic E-state index is 13.1. The first-order valence-corrected chi connectivity index (χ1v) is 13.3. The molecule has 2 aromatic carbocycles. The molecule has 2 rings (SSSR count). The fourth-order valence-corrected chi connectivity index (χ4v) is 5.31. The summed E-state index contributed by atoms with van der Waals surface area (Å²) in [5, 5.41) is 13.1. The lowest BCUT2D eigenvalue weighted by molar-refractivity contribution is 0.0630. The van der Waals surface area contributed by atoms with Crippen molar-refractivity contribution in [2.75, 3.05) is 19.8 Å². The highest BCUT2D eigenvalue weighted by molar-refractivity contribution is 7.44. The monoisotopic (exact) mass is 513 g/mol. The normalized spacial score (nSPS) is 14.7. The van der Waals surface area contributed by atoms with E-state index in [1.54, 1.807) is 24.3 Å². The molecular weight excluding hydrogens is 475 g/mol. The molecule has 1 unspecified atom stereocenters. The Labute approximate surface area is 217 Å². The van der Waals surface area contributed by atoms with E-state index in [1.165, 1.54) is 0 Å². The highest BCUT2D eigenvalue weighted by Crippen LogP contribution is 2.47. The molecule has 8 nitrogen and oxygen atoms in total. The van der Waals surface area contributed by atoms with E-state index in [9.17, 15) is 4.79 Å². The van der Waals surface area contributed by atoms with Gasteiger partial charge in [0.25, 0.3) is 8.53 Å². The average molecular weight is 514 g/mol. The number of carbonyl (C=O) groups excluding carboxylic acids is 1. The van der Waals surface area contributed by atoms with Crippen LogP contribution in [0.4, 0.5) is 11.4 Å². The van der Waals surface area contributed by atoms with E-state index in [1.807, 2.05) is 37.3 Å². The Morgan fingerprint density at radius 3 is 2.22 bits per heavy atom. The first-order valence-electron chi connectivity index (χ1n) is 12.6. The van der Waals surface area contributed by atoms with Crippen molar-refractivity contribution >= 4 is 25.7 Å². The Morgan fingerprint density at radius 2 is 1.67 bits per heavy atom. The Hall–Kier alpha value is -2.53. The van der Waals surface area contributed by atoms with Gasteiger partial charge in [-0.1, -0.05) is 18.2 Å². The van der Waals surface area contributed by atoms with Crippen molar-refractivity contribution in [3.8, 4) is 0 Å². The number of aliphatic hydroxyl groups excluding tert-OH is 1. The summed E-state index contributed by atoms with van der Waals surface area (Å²) < 4.78 is 21.8. The zero-order chi connectivity index (χ0) is 27.2. The van der Waals surface area contributed by atoms with Gasteiger partial charge in [0.1, 0.15) is 6.61 Å². The Morgan fingerprint density at radius 1 is 1.06 bits per heavy atom. The van der Waals surface area contributed by atoms with Crippen LogP contribution in [-0.4, -0.2) is 54.9 Å². The molecule has 0 aliphatic carbocycles. The molecule has 0 aliphatic heterocycles. The molecule has 3 atom stereocenters. The second kappa shape index (κ2) is 15.6. The lowest BCUT2D eigenvalue weighted by Gasteiger charge is -2.37. The van der Waals surface area contributed by atoms with Crippen LogP contribution < -0.4 is 0 Å². The number of hydrogen-bond donors (Lipinski definition) is 1. The summed E-state index contributed by atoms with van der Waals surface area (Å²) in [6.45, 7) is 17.7. The molecule has 0 aliphatic rings. The molecule has 0 heterocycles. The van der Waals surface area contributed by atoms with E-state index in [0.29, 0.717) is 11.3 Å². The van der Waals surface area contributed by atoms with Gasteiger partial charge in [0.15, 0.2) is 5.78 Å². The van der Waals surface area contributed by atoms with Crippen molar-refractivity contribution in [3.63, 3.8) is 0 Å². The molecule has 9 heteroatoms. The summed E-state index contributed by atoms with van der Waals surface area (Å²) in [7, 11) is -1.47. The summed E-state index contributed by atoms with van der Waals surface area (Å²) in [4.78, 5) is 16.4. The molecule has 0 bridgehead atoms. The quantitative estimate of drug-likeness (QED) is 0.0861. The smallest absolute Gasteiger partial charge is 0.259 e. The molecule has 0 aromatic heterocycles. The summed E-state index contributed by atoms with van der Waals surface area (Å²) >= 11 is 0. The third-order valence-electron chi connectivity index (χ3n) is 5.46. The van der Waals surface area contributed by atoms with Crippen LogP contribution in [0, 0.1) is 12.5 Å². The van der Waals surface area contributed by atoms with Crippen molar-refractivity contribution in [3.05, 3.63) is 71.6 Å². The molecular formula is C27H37N4O4P. The van der Waals surface area contributed by atoms with Crippen LogP contribution in [0.15, 0.2) is 64.8 Å². The van der Waals surface area contributed by atoms with Gasteiger partial charge in [-0.3, -0.25) is 4.79 Å². The number of Topliss-reactive ketones (excluding diaryl/α,β-unsaturated/α-hetero) is 1. The van der Waals surface area contributed by atoms with Crippen molar-refractivity contribution in [2.24, 2.45) is 16.1 Å². The Balaban J connectivity index is 2.08. The summed E-state index contributed by atoms with van der Waals surface area (Å²) in [6, 6.07) is 16.7. The van der Waals surface area contributed by atoms with E-state index >= 15 is 0 Å². The number of carbonyl (C=O) groups is 1. The molecule has 1 N–H and O–H groups in total. The van der Waals surface area contributed by atoms with Crippen LogP contribution in [-0.2, 0) is 9.05 Å². The number of aliphatic hydroxyl groups is 1. The molecule has 0 fully saturated rings. The van der Waals surface area contributed by atoms with Crippen LogP contribution in [0.1, 0.15) is 51.4 Å². The standard InChI is InChI=1S/C27H37N4O4P/c1-20(2)31(21(3)4)36(34-17-16-28-6)35-22(5)24(19-32)18-27(33)23-12-14-26(15-13-23)30-29-25-10-8-7-9-11-25/h7-15,20-22,24,32H,16-19H2,1-5H3/t22-,24-,36?/m0/s1/i32D. The second-order valence-corrected chi connectivity index (χ2v) is 10.4. The zero-order valence-electron chi connectivity index (χ0n) is 22.7. The molecule has 0 saturated carbocycles. The van der Waals surface area contributed by atoms with Crippen LogP contribution in [0.25, 0.3) is 4.85 Å². The second-order valence-electron chi connectivity index (χ2n) is 8.97. The van der Waals surface area contributed by atoms with Crippen LogP contribution in [0.2, 0.25) is 0 Å². The van der Waals surface area contributed by atoms with Gasteiger partial charge in [0.05, 0.1) is 17.5 Å². The van der Waals surface area contributed by atoms with Crippen LogP contribution in [0.3, 0.4) is 0 Å². The number of rotatable bonds is 16. The van der Waals surface area contributed by atoms with Crippen molar-refractivity contribution in [1.29, 1.82) is 1.43 Å². The number of hydrogen-bond acceptors (Lipinski definition) is 7. The van der Waals surface area contributed by atoms with Gasteiger partial charge in [-0.05, 0) is 71.0 Å². The molecule has 36 heavy (non-hydrogen) atoms. The van der Waals surface area contributed by atoms with Gasteiger partial charge in [-0.25, -0.2) is 11.2 Å². The topological polar surface area (TPSA) is 88.1 Å². The maximum atomic E-state index is 13.1. The molecule has 0 radical (unpaired) electrons. The third kappa shape index (κ3) is 9.50. The summed E-state index contributed by atoms with van der Waals surface area (Å²) in [6.07, 6.45) is -0.258. The largest absolute Gasteiger partial charge is 0.396 e. The SMILES string of the molecule is [2H]OC[C@H](CC(=O)c1ccc(N=Nc2ccccc2)cc1)[C@H](C)OP(OCC[N+]#[C-])N(C(C)C)C(C)C. The zero-order valence-corrected chi connectivity index (χ0v) is 22.6. The fraction of sp³-hybridized carbons (Fsp3) is 0.481. The van der Waals surface area contributed by atoms with Crippen molar-refractivity contribution < 1.29 is 19.0 Å². The summed E-state index contributed by atoms with van der Waals surface area (Å²) in [5.41, 5.74) is 1.94. The van der Waals surface area contributed by atoms with Crippen molar-refractivity contribution in [1.82, 2.24) is 4.67 Å². The maximum Gasteiger partial charge on any atom is 0.259 e. The average Bonchev–Trinajstić information content (AvgIpc) is 2.87. The van der Waals surface area contributed by atoms with Gasteiger partial charge >= 0.3 is 0 Å². The molecule has 0 amide bonds. The third-order valence-corrected chi connectivity index (χ3v) is 7.68. The minimum absolute atomic E-state index is 0.0465. The minimum Gasteiger partial charge on any atom is -0.396 e. The van der Waals surface area contributed by atoms with E-state index < -0.39 is 14.6 Å². The van der Waals surface area contributed by atoms with E-state index in [-0.39, 0.29) is 50.0 Å². The number of nitrogens with zero attached hydrogens (tertiary/aromatic N) is 4. The lowest BCUT2D eigenvalue weighted by atomic mass is 9.95. The number of ketones is 1. The highest BCUT2D eigenvalue weighted by Gasteiger charge is 2.32. The van der Waals surface area contributed by atoms with Gasteiger partial charge in [0.2, 0.25) is 7.98 Å². The Bertz CT molecular complexity index is 1010. The van der Waals surface area contributed by atoms with Gasteiger partial charge in [-0.15, -0.1) is 0 Å². The summed E-state index contributed by atoms with van der Waals surface area (Å²) in [5.74, 6) is -0.426. The van der Waals surface area contributed by atoms with Gasteiger partial charge < -0.3 is 19.0 Å². The van der Waals surface area contributed by atoms with Crippen LogP contribution >= 0.6 is 8.53 Å². The highest BCUT2D eigenvalue weighted by atomic mass is 31.2. The fourth-order valence-electron chi connectivity index (χ4n) is 3.56. The predicted molar refractivity (Wildman–Crippen MR) is 144 cm³/mol. The van der Waals surface area contributed by atoms with Gasteiger partial charge in [-0.2, -0.15) is 10.2 Å². The van der Waals surface area contributed by atoms with Gasteiger partial charge in [0, 0.05) is 36.6 Å². The predicted octanol–water partition coefficient (Wildman–Crippen LogP) is 6.97. The Kier molecular flexibility index (Phi) is 12.1. The molecule has 0 spiro atoms. The first-order chi connectivity index (χ1) is 17.8. The van der Waals surface area contributed by atoms with E-state index in [4.69, 9.17) is 22.2 Å². The lowest BCUT2D eigenvalue weighted by Crippen LogP contribution is -2.36. The first kappa shape index (κ1) is 28.0.